The Morgan fingerprint density at radius 1 is 1.14 bits per heavy atom. The van der Waals surface area contributed by atoms with Crippen LogP contribution in [0.15, 0.2) is 40.9 Å². The molecule has 4 rings (SSSR count). The lowest BCUT2D eigenvalue weighted by Crippen LogP contribution is -2.31. The highest BCUT2D eigenvalue weighted by Crippen LogP contribution is 2.32. The van der Waals surface area contributed by atoms with Gasteiger partial charge in [0, 0.05) is 53.0 Å². The van der Waals surface area contributed by atoms with Crippen LogP contribution >= 0.6 is 23.2 Å². The molecule has 0 spiro atoms. The number of hydrogen-bond donors (Lipinski definition) is 0. The number of hydrogen-bond acceptors (Lipinski definition) is 4. The van der Waals surface area contributed by atoms with Crippen molar-refractivity contribution >= 4 is 23.2 Å². The fourth-order valence-electron chi connectivity index (χ4n) is 3.39. The third-order valence-corrected chi connectivity index (χ3v) is 5.48. The number of benzene rings is 1. The molecule has 0 N–H and O–H groups in total. The Balaban J connectivity index is 1.48. The van der Waals surface area contributed by atoms with Crippen LogP contribution in [0.25, 0.3) is 11.3 Å². The van der Waals surface area contributed by atoms with Crippen molar-refractivity contribution in [3.05, 3.63) is 69.4 Å². The minimum atomic E-state index is -0.0294. The number of aromatic nitrogens is 2. The van der Waals surface area contributed by atoms with E-state index < -0.39 is 0 Å². The lowest BCUT2D eigenvalue weighted by Gasteiger charge is -2.28. The SMILES string of the molecule is CC(C)(C)c1ncc2c(n1)CCN(Cc1ccc(-c3cc(Cl)ccc3Cl)o1)C2. The summed E-state index contributed by atoms with van der Waals surface area (Å²) in [4.78, 5) is 11.7. The molecule has 0 bridgehead atoms. The molecule has 28 heavy (non-hydrogen) atoms. The molecule has 0 saturated heterocycles. The summed E-state index contributed by atoms with van der Waals surface area (Å²) in [7, 11) is 0. The molecule has 0 atom stereocenters. The highest BCUT2D eigenvalue weighted by molar-refractivity contribution is 6.35. The van der Waals surface area contributed by atoms with Gasteiger partial charge in [-0.05, 0) is 30.3 Å². The van der Waals surface area contributed by atoms with Gasteiger partial charge in [-0.15, -0.1) is 0 Å². The van der Waals surface area contributed by atoms with Gasteiger partial charge in [0.25, 0.3) is 0 Å². The Bertz CT molecular complexity index is 1010. The summed E-state index contributed by atoms with van der Waals surface area (Å²) in [6, 6.07) is 9.34. The van der Waals surface area contributed by atoms with Gasteiger partial charge >= 0.3 is 0 Å². The van der Waals surface area contributed by atoms with Crippen molar-refractivity contribution in [3.8, 4) is 11.3 Å². The average Bonchev–Trinajstić information content (AvgIpc) is 3.10. The topological polar surface area (TPSA) is 42.2 Å². The molecule has 0 radical (unpaired) electrons. The zero-order valence-electron chi connectivity index (χ0n) is 16.3. The molecule has 1 aliphatic rings. The molecule has 0 amide bonds. The molecule has 4 nitrogen and oxygen atoms in total. The number of halogens is 2. The van der Waals surface area contributed by atoms with Crippen LogP contribution in [0.1, 0.15) is 43.6 Å². The Labute approximate surface area is 175 Å². The second-order valence-corrected chi connectivity index (χ2v) is 9.11. The molecule has 146 valence electrons. The molecular weight excluding hydrogens is 393 g/mol. The van der Waals surface area contributed by atoms with Gasteiger partial charge in [-0.1, -0.05) is 44.0 Å². The van der Waals surface area contributed by atoms with Crippen molar-refractivity contribution in [3.63, 3.8) is 0 Å². The summed E-state index contributed by atoms with van der Waals surface area (Å²) in [5.41, 5.74) is 3.15. The smallest absolute Gasteiger partial charge is 0.135 e. The van der Waals surface area contributed by atoms with E-state index in [-0.39, 0.29) is 5.41 Å². The van der Waals surface area contributed by atoms with Gasteiger partial charge in [-0.25, -0.2) is 9.97 Å². The maximum atomic E-state index is 6.29. The van der Waals surface area contributed by atoms with Crippen LogP contribution in [0.2, 0.25) is 10.0 Å². The monoisotopic (exact) mass is 415 g/mol. The van der Waals surface area contributed by atoms with Gasteiger partial charge in [-0.3, -0.25) is 4.90 Å². The van der Waals surface area contributed by atoms with Crippen LogP contribution in [0.4, 0.5) is 0 Å². The summed E-state index contributed by atoms with van der Waals surface area (Å²) >= 11 is 12.4. The summed E-state index contributed by atoms with van der Waals surface area (Å²) in [5, 5.41) is 1.27. The molecule has 1 aromatic carbocycles. The van der Waals surface area contributed by atoms with Gasteiger partial charge in [0.2, 0.25) is 0 Å². The van der Waals surface area contributed by atoms with E-state index in [4.69, 9.17) is 32.6 Å². The molecule has 6 heteroatoms. The van der Waals surface area contributed by atoms with Crippen molar-refractivity contribution < 1.29 is 4.42 Å². The van der Waals surface area contributed by atoms with Crippen LogP contribution in [-0.4, -0.2) is 21.4 Å². The molecule has 0 unspecified atom stereocenters. The Morgan fingerprint density at radius 3 is 2.75 bits per heavy atom. The van der Waals surface area contributed by atoms with Crippen molar-refractivity contribution in [1.82, 2.24) is 14.9 Å². The normalized spacial score (nSPS) is 14.9. The molecular formula is C22H23Cl2N3O. The maximum absolute atomic E-state index is 6.29. The largest absolute Gasteiger partial charge is 0.460 e. The predicted octanol–water partition coefficient (Wildman–Crippen LogP) is 5.90. The Hall–Kier alpha value is -1.88. The molecule has 0 fully saturated rings. The second-order valence-electron chi connectivity index (χ2n) is 8.27. The van der Waals surface area contributed by atoms with Crippen LogP contribution in [0, 0.1) is 0 Å². The molecule has 1 aliphatic heterocycles. The predicted molar refractivity (Wildman–Crippen MR) is 113 cm³/mol. The van der Waals surface area contributed by atoms with E-state index in [2.05, 4.69) is 30.7 Å². The molecule has 0 saturated carbocycles. The number of rotatable bonds is 3. The van der Waals surface area contributed by atoms with Gasteiger partial charge in [0.15, 0.2) is 0 Å². The fourth-order valence-corrected chi connectivity index (χ4v) is 3.77. The van der Waals surface area contributed by atoms with E-state index in [0.29, 0.717) is 10.0 Å². The van der Waals surface area contributed by atoms with E-state index in [1.165, 1.54) is 11.3 Å². The van der Waals surface area contributed by atoms with Gasteiger partial charge in [0.1, 0.15) is 17.3 Å². The molecule has 3 heterocycles. The summed E-state index contributed by atoms with van der Waals surface area (Å²) in [6.07, 6.45) is 2.91. The third kappa shape index (κ3) is 4.09. The third-order valence-electron chi connectivity index (χ3n) is 4.92. The fraction of sp³-hybridized carbons (Fsp3) is 0.364. The zero-order chi connectivity index (χ0) is 19.9. The van der Waals surface area contributed by atoms with E-state index >= 15 is 0 Å². The highest BCUT2D eigenvalue weighted by Gasteiger charge is 2.23. The first-order chi connectivity index (χ1) is 13.3. The van der Waals surface area contributed by atoms with Gasteiger partial charge in [0.05, 0.1) is 11.6 Å². The number of fused-ring (bicyclic) bond motifs is 1. The van der Waals surface area contributed by atoms with Crippen LogP contribution in [0.3, 0.4) is 0 Å². The van der Waals surface area contributed by atoms with Crippen LogP contribution in [0.5, 0.6) is 0 Å². The minimum absolute atomic E-state index is 0.0294. The summed E-state index contributed by atoms with van der Waals surface area (Å²) in [6.45, 7) is 8.94. The van der Waals surface area contributed by atoms with Crippen LogP contribution in [-0.2, 0) is 24.9 Å². The van der Waals surface area contributed by atoms with E-state index in [1.807, 2.05) is 24.4 Å². The molecule has 3 aromatic rings. The van der Waals surface area contributed by atoms with E-state index in [0.717, 1.165) is 49.0 Å². The van der Waals surface area contributed by atoms with Crippen molar-refractivity contribution in [2.75, 3.05) is 6.54 Å². The highest BCUT2D eigenvalue weighted by atomic mass is 35.5. The minimum Gasteiger partial charge on any atom is -0.460 e. The second kappa shape index (κ2) is 7.51. The summed E-state index contributed by atoms with van der Waals surface area (Å²) < 4.78 is 6.04. The van der Waals surface area contributed by atoms with Gasteiger partial charge in [-0.2, -0.15) is 0 Å². The van der Waals surface area contributed by atoms with Gasteiger partial charge < -0.3 is 4.42 Å². The molecule has 0 aliphatic carbocycles. The molecule has 2 aromatic heterocycles. The summed E-state index contributed by atoms with van der Waals surface area (Å²) in [5.74, 6) is 2.55. The average molecular weight is 416 g/mol. The van der Waals surface area contributed by atoms with Crippen molar-refractivity contribution in [2.24, 2.45) is 0 Å². The lowest BCUT2D eigenvalue weighted by atomic mass is 9.95. The van der Waals surface area contributed by atoms with E-state index in [1.54, 1.807) is 12.1 Å². The first kappa shape index (κ1) is 19.4. The van der Waals surface area contributed by atoms with Crippen LogP contribution < -0.4 is 0 Å². The first-order valence-corrected chi connectivity index (χ1v) is 10.2. The maximum Gasteiger partial charge on any atom is 0.135 e. The quantitative estimate of drug-likeness (QED) is 0.533. The standard InChI is InChI=1S/C22H23Cl2N3O/c1-22(2,3)21-25-11-14-12-27(9-8-19(14)26-21)13-16-5-7-20(28-16)17-10-15(23)4-6-18(17)24/h4-7,10-11H,8-9,12-13H2,1-3H3. The Morgan fingerprint density at radius 2 is 1.96 bits per heavy atom. The lowest BCUT2D eigenvalue weighted by molar-refractivity contribution is 0.223. The first-order valence-electron chi connectivity index (χ1n) is 9.41. The number of furan rings is 1. The Kier molecular flexibility index (Phi) is 5.21. The van der Waals surface area contributed by atoms with Crippen molar-refractivity contribution in [1.29, 1.82) is 0 Å². The van der Waals surface area contributed by atoms with Crippen molar-refractivity contribution in [2.45, 2.75) is 45.7 Å². The van der Waals surface area contributed by atoms with E-state index in [9.17, 15) is 0 Å². The zero-order valence-corrected chi connectivity index (χ0v) is 17.8. The number of nitrogens with zero attached hydrogens (tertiary/aromatic N) is 3.